The van der Waals surface area contributed by atoms with Crippen LogP contribution >= 0.6 is 23.1 Å². The SMILES string of the molecule is Cc1nnc(SCCNCC(F)(F)F)s1. The molecule has 0 aliphatic heterocycles. The number of nitrogens with one attached hydrogen (secondary N) is 1. The highest BCUT2D eigenvalue weighted by molar-refractivity contribution is 8.01. The Labute approximate surface area is 93.5 Å². The highest BCUT2D eigenvalue weighted by Crippen LogP contribution is 2.21. The zero-order chi connectivity index (χ0) is 11.3. The molecule has 0 atom stereocenters. The van der Waals surface area contributed by atoms with E-state index in [1.54, 1.807) is 0 Å². The number of alkyl halides is 3. The first-order valence-electron chi connectivity index (χ1n) is 4.18. The average molecular weight is 257 g/mol. The molecular formula is C7H10F3N3S2. The maximum atomic E-state index is 11.7. The highest BCUT2D eigenvalue weighted by Gasteiger charge is 2.25. The zero-order valence-electron chi connectivity index (χ0n) is 7.97. The lowest BCUT2D eigenvalue weighted by Gasteiger charge is -2.06. The van der Waals surface area contributed by atoms with Crippen LogP contribution in [0, 0.1) is 6.92 Å². The Kier molecular flexibility index (Phi) is 4.81. The molecule has 0 unspecified atom stereocenters. The van der Waals surface area contributed by atoms with Gasteiger partial charge in [-0.3, -0.25) is 0 Å². The summed E-state index contributed by atoms with van der Waals surface area (Å²) >= 11 is 2.85. The molecule has 0 saturated carbocycles. The topological polar surface area (TPSA) is 37.8 Å². The Morgan fingerprint density at radius 3 is 2.67 bits per heavy atom. The van der Waals surface area contributed by atoms with E-state index in [9.17, 15) is 13.2 Å². The largest absolute Gasteiger partial charge is 0.401 e. The molecule has 1 N–H and O–H groups in total. The van der Waals surface area contributed by atoms with E-state index >= 15 is 0 Å². The van der Waals surface area contributed by atoms with Gasteiger partial charge in [0.1, 0.15) is 5.01 Å². The maximum Gasteiger partial charge on any atom is 0.401 e. The van der Waals surface area contributed by atoms with Gasteiger partial charge in [0.15, 0.2) is 4.34 Å². The van der Waals surface area contributed by atoms with E-state index in [4.69, 9.17) is 0 Å². The number of nitrogens with zero attached hydrogens (tertiary/aromatic N) is 2. The van der Waals surface area contributed by atoms with Crippen molar-refractivity contribution in [2.75, 3.05) is 18.8 Å². The number of thioether (sulfide) groups is 1. The third-order valence-electron chi connectivity index (χ3n) is 1.34. The van der Waals surface area contributed by atoms with Crippen molar-refractivity contribution in [3.8, 4) is 0 Å². The third-order valence-corrected chi connectivity index (χ3v) is 3.31. The quantitative estimate of drug-likeness (QED) is 0.647. The Balaban J connectivity index is 2.07. The summed E-state index contributed by atoms with van der Waals surface area (Å²) in [6, 6.07) is 0. The first-order valence-corrected chi connectivity index (χ1v) is 5.98. The van der Waals surface area contributed by atoms with Crippen LogP contribution in [0.5, 0.6) is 0 Å². The minimum absolute atomic E-state index is 0.308. The van der Waals surface area contributed by atoms with Gasteiger partial charge in [-0.1, -0.05) is 23.1 Å². The molecule has 3 nitrogen and oxygen atoms in total. The van der Waals surface area contributed by atoms with Crippen LogP contribution in [0.25, 0.3) is 0 Å². The van der Waals surface area contributed by atoms with Crippen LogP contribution in [-0.2, 0) is 0 Å². The van der Waals surface area contributed by atoms with Crippen LogP contribution in [0.15, 0.2) is 4.34 Å². The van der Waals surface area contributed by atoms with Gasteiger partial charge in [-0.15, -0.1) is 10.2 Å². The third kappa shape index (κ3) is 5.95. The van der Waals surface area contributed by atoms with Gasteiger partial charge in [-0.25, -0.2) is 0 Å². The molecule has 0 bridgehead atoms. The molecule has 86 valence electrons. The van der Waals surface area contributed by atoms with Gasteiger partial charge in [0.2, 0.25) is 0 Å². The minimum Gasteiger partial charge on any atom is -0.308 e. The monoisotopic (exact) mass is 257 g/mol. The van der Waals surface area contributed by atoms with E-state index in [0.29, 0.717) is 12.3 Å². The van der Waals surface area contributed by atoms with Crippen molar-refractivity contribution < 1.29 is 13.2 Å². The van der Waals surface area contributed by atoms with Gasteiger partial charge in [0, 0.05) is 12.3 Å². The molecule has 1 aromatic rings. The molecule has 15 heavy (non-hydrogen) atoms. The van der Waals surface area contributed by atoms with Crippen LogP contribution in [0.4, 0.5) is 13.2 Å². The van der Waals surface area contributed by atoms with Crippen molar-refractivity contribution in [3.63, 3.8) is 0 Å². The molecule has 0 aliphatic rings. The van der Waals surface area contributed by atoms with Gasteiger partial charge < -0.3 is 5.32 Å². The lowest BCUT2D eigenvalue weighted by Crippen LogP contribution is -2.30. The van der Waals surface area contributed by atoms with Gasteiger partial charge in [0.25, 0.3) is 0 Å². The van der Waals surface area contributed by atoms with Crippen LogP contribution in [0.3, 0.4) is 0 Å². The van der Waals surface area contributed by atoms with E-state index in [2.05, 4.69) is 15.5 Å². The lowest BCUT2D eigenvalue weighted by molar-refractivity contribution is -0.124. The number of aryl methyl sites for hydroxylation is 1. The minimum atomic E-state index is -4.13. The van der Waals surface area contributed by atoms with Crippen molar-refractivity contribution in [3.05, 3.63) is 5.01 Å². The van der Waals surface area contributed by atoms with Crippen molar-refractivity contribution in [2.24, 2.45) is 0 Å². The average Bonchev–Trinajstić information content (AvgIpc) is 2.49. The van der Waals surface area contributed by atoms with Crippen LogP contribution < -0.4 is 5.32 Å². The first kappa shape index (κ1) is 12.7. The fraction of sp³-hybridized carbons (Fsp3) is 0.714. The Bertz CT molecular complexity index is 300. The lowest BCUT2D eigenvalue weighted by atomic mass is 10.6. The second-order valence-electron chi connectivity index (χ2n) is 2.73. The fourth-order valence-corrected chi connectivity index (χ4v) is 2.56. The normalized spacial score (nSPS) is 12.0. The maximum absolute atomic E-state index is 11.7. The summed E-state index contributed by atoms with van der Waals surface area (Å²) in [5, 5.41) is 10.8. The molecule has 1 aromatic heterocycles. The molecule has 0 aliphatic carbocycles. The standard InChI is InChI=1S/C7H10F3N3S2/c1-5-12-13-6(15-5)14-3-2-11-4-7(8,9)10/h11H,2-4H2,1H3. The second kappa shape index (κ2) is 5.66. The predicted molar refractivity (Wildman–Crippen MR) is 54.3 cm³/mol. The van der Waals surface area contributed by atoms with Crippen molar-refractivity contribution in [1.29, 1.82) is 0 Å². The van der Waals surface area contributed by atoms with Crippen LogP contribution in [0.1, 0.15) is 5.01 Å². The van der Waals surface area contributed by atoms with E-state index in [0.717, 1.165) is 9.35 Å². The molecule has 0 amide bonds. The number of hydrogen-bond acceptors (Lipinski definition) is 5. The fourth-order valence-electron chi connectivity index (χ4n) is 0.777. The number of aromatic nitrogens is 2. The van der Waals surface area contributed by atoms with E-state index < -0.39 is 12.7 Å². The van der Waals surface area contributed by atoms with Gasteiger partial charge in [0.05, 0.1) is 6.54 Å². The molecule has 0 saturated heterocycles. The molecule has 1 rings (SSSR count). The Morgan fingerprint density at radius 1 is 1.40 bits per heavy atom. The Hall–Kier alpha value is -0.340. The molecule has 0 fully saturated rings. The highest BCUT2D eigenvalue weighted by atomic mass is 32.2. The summed E-state index contributed by atoms with van der Waals surface area (Å²) in [7, 11) is 0. The summed E-state index contributed by atoms with van der Waals surface area (Å²) in [6.45, 7) is 1.20. The summed E-state index contributed by atoms with van der Waals surface area (Å²) in [5.41, 5.74) is 0. The molecule has 0 spiro atoms. The van der Waals surface area contributed by atoms with E-state index in [-0.39, 0.29) is 0 Å². The summed E-state index contributed by atoms with van der Waals surface area (Å²) in [6.07, 6.45) is -4.13. The van der Waals surface area contributed by atoms with Crippen molar-refractivity contribution in [1.82, 2.24) is 15.5 Å². The number of rotatable bonds is 5. The summed E-state index contributed by atoms with van der Waals surface area (Å²) in [4.78, 5) is 0. The van der Waals surface area contributed by atoms with Gasteiger partial charge >= 0.3 is 6.18 Å². The predicted octanol–water partition coefficient (Wildman–Crippen LogP) is 2.09. The van der Waals surface area contributed by atoms with E-state index in [1.165, 1.54) is 23.1 Å². The summed E-state index contributed by atoms with van der Waals surface area (Å²) in [5.74, 6) is 0.560. The molecule has 8 heteroatoms. The van der Waals surface area contributed by atoms with Crippen molar-refractivity contribution in [2.45, 2.75) is 17.4 Å². The molecule has 0 radical (unpaired) electrons. The number of halogens is 3. The zero-order valence-corrected chi connectivity index (χ0v) is 9.60. The molecule has 1 heterocycles. The molecule has 0 aromatic carbocycles. The second-order valence-corrected chi connectivity index (χ2v) is 5.25. The number of hydrogen-bond donors (Lipinski definition) is 1. The van der Waals surface area contributed by atoms with Crippen molar-refractivity contribution >= 4 is 23.1 Å². The van der Waals surface area contributed by atoms with Gasteiger partial charge in [-0.2, -0.15) is 13.2 Å². The smallest absolute Gasteiger partial charge is 0.308 e. The Morgan fingerprint density at radius 2 is 2.13 bits per heavy atom. The molecular weight excluding hydrogens is 247 g/mol. The van der Waals surface area contributed by atoms with Crippen LogP contribution in [0.2, 0.25) is 0 Å². The van der Waals surface area contributed by atoms with E-state index in [1.807, 2.05) is 6.92 Å². The summed E-state index contributed by atoms with van der Waals surface area (Å²) < 4.78 is 36.0. The first-order chi connectivity index (χ1) is 6.97. The van der Waals surface area contributed by atoms with Crippen LogP contribution in [-0.4, -0.2) is 35.2 Å². The van der Waals surface area contributed by atoms with Gasteiger partial charge in [-0.05, 0) is 6.92 Å².